The van der Waals surface area contributed by atoms with Gasteiger partial charge in [-0.1, -0.05) is 36.3 Å². The monoisotopic (exact) mass is 588 g/mol. The fourth-order valence-corrected chi connectivity index (χ4v) is 9.69. The number of aliphatic hydroxyl groups is 1. The lowest BCUT2D eigenvalue weighted by Crippen LogP contribution is -2.70. The molecule has 0 spiro atoms. The van der Waals surface area contributed by atoms with Gasteiger partial charge in [-0.15, -0.1) is 0 Å². The van der Waals surface area contributed by atoms with Crippen LogP contribution in [0.25, 0.3) is 0 Å². The molecule has 0 amide bonds. The van der Waals surface area contributed by atoms with Crippen molar-refractivity contribution in [2.45, 2.75) is 94.5 Å². The molecule has 1 saturated heterocycles. The summed E-state index contributed by atoms with van der Waals surface area (Å²) in [6.07, 6.45) is 3.23. The molecule has 0 unspecified atom stereocenters. The smallest absolute Gasteiger partial charge is 0.297 e. The summed E-state index contributed by atoms with van der Waals surface area (Å²) in [7, 11) is -4.25. The van der Waals surface area contributed by atoms with Crippen molar-refractivity contribution in [1.29, 1.82) is 0 Å². The lowest BCUT2D eigenvalue weighted by atomic mass is 9.44. The number of allylic oxidation sites excluding steroid dienone is 4. The molecule has 1 heterocycles. The number of benzene rings is 1. The van der Waals surface area contributed by atoms with Crippen molar-refractivity contribution in [1.82, 2.24) is 0 Å². The first-order chi connectivity index (χ1) is 19.0. The molecular weight excluding hydrogens is 551 g/mol. The molecule has 1 N–H and O–H groups in total. The Morgan fingerprint density at radius 2 is 1.83 bits per heavy atom. The molecule has 10 heteroatoms. The van der Waals surface area contributed by atoms with Crippen molar-refractivity contribution >= 4 is 21.7 Å². The molecule has 1 aromatic carbocycles. The minimum atomic E-state index is -4.25. The van der Waals surface area contributed by atoms with E-state index in [0.29, 0.717) is 24.8 Å². The van der Waals surface area contributed by atoms with Gasteiger partial charge in [-0.05, 0) is 83.6 Å². The molecule has 4 fully saturated rings. The molecule has 0 aromatic heterocycles. The van der Waals surface area contributed by atoms with Crippen LogP contribution < -0.4 is 0 Å². The highest BCUT2D eigenvalue weighted by atomic mass is 32.2. The second-order valence-corrected chi connectivity index (χ2v) is 14.9. The van der Waals surface area contributed by atoms with Crippen LogP contribution in [0.15, 0.2) is 53.0 Å². The third-order valence-electron chi connectivity index (χ3n) is 10.7. The van der Waals surface area contributed by atoms with E-state index in [9.17, 15) is 23.1 Å². The van der Waals surface area contributed by atoms with E-state index in [0.717, 1.165) is 5.56 Å². The molecule has 4 aliphatic carbocycles. The maximum atomic E-state index is 17.5. The van der Waals surface area contributed by atoms with E-state index in [2.05, 4.69) is 0 Å². The lowest BCUT2D eigenvalue weighted by molar-refractivity contribution is -0.246. The van der Waals surface area contributed by atoms with Crippen LogP contribution in [-0.4, -0.2) is 61.0 Å². The summed E-state index contributed by atoms with van der Waals surface area (Å²) >= 11 is 0. The van der Waals surface area contributed by atoms with E-state index in [1.807, 2.05) is 13.8 Å². The number of fused-ring (bicyclic) bond motifs is 7. The molecule has 6 rings (SSSR count). The maximum absolute atomic E-state index is 17.5. The van der Waals surface area contributed by atoms with Gasteiger partial charge >= 0.3 is 0 Å². The van der Waals surface area contributed by atoms with Gasteiger partial charge in [-0.2, -0.15) is 8.42 Å². The molecule has 0 bridgehead atoms. The summed E-state index contributed by atoms with van der Waals surface area (Å²) in [4.78, 5) is 26.2. The fourth-order valence-electron chi connectivity index (χ4n) is 8.82. The van der Waals surface area contributed by atoms with Gasteiger partial charge in [0.2, 0.25) is 0 Å². The highest BCUT2D eigenvalue weighted by Crippen LogP contribution is 2.72. The van der Waals surface area contributed by atoms with Crippen LogP contribution in [-0.2, 0) is 33.4 Å². The number of carbonyl (C=O) groups is 2. The molecule has 5 aliphatic rings. The zero-order chi connectivity index (χ0) is 29.8. The Hall–Kier alpha value is -2.24. The molecule has 0 radical (unpaired) electrons. The molecule has 1 aromatic rings. The van der Waals surface area contributed by atoms with Gasteiger partial charge in [0.25, 0.3) is 10.1 Å². The average Bonchev–Trinajstić information content (AvgIpc) is 3.30. The molecule has 41 heavy (non-hydrogen) atoms. The highest BCUT2D eigenvalue weighted by Gasteiger charge is 2.80. The third-order valence-corrected chi connectivity index (χ3v) is 12.0. The van der Waals surface area contributed by atoms with Crippen LogP contribution in [0.4, 0.5) is 4.39 Å². The van der Waals surface area contributed by atoms with Crippen LogP contribution in [0, 0.1) is 29.6 Å². The zero-order valence-corrected chi connectivity index (χ0v) is 24.8. The number of ether oxygens (including phenoxy) is 2. The number of Topliss-reactive ketones (excluding diaryl/α,β-unsaturated/α-hetero) is 1. The van der Waals surface area contributed by atoms with Crippen molar-refractivity contribution in [3.05, 3.63) is 53.6 Å². The number of rotatable bonds is 5. The quantitative estimate of drug-likeness (QED) is 0.511. The van der Waals surface area contributed by atoms with Gasteiger partial charge in [0.05, 0.1) is 17.1 Å². The minimum Gasteiger partial charge on any atom is -0.390 e. The number of hydrogen-bond acceptors (Lipinski definition) is 8. The predicted octanol–water partition coefficient (Wildman–Crippen LogP) is 4.14. The van der Waals surface area contributed by atoms with Crippen LogP contribution in [0.1, 0.15) is 58.9 Å². The van der Waals surface area contributed by atoms with E-state index in [1.165, 1.54) is 24.3 Å². The highest BCUT2D eigenvalue weighted by molar-refractivity contribution is 7.86. The fraction of sp³-hybridized carbons (Fsp3) is 0.613. The Bertz CT molecular complexity index is 1480. The Kier molecular flexibility index (Phi) is 6.26. The summed E-state index contributed by atoms with van der Waals surface area (Å²) in [5, 5.41) is 11.7. The van der Waals surface area contributed by atoms with Gasteiger partial charge in [-0.3, -0.25) is 13.8 Å². The topological polar surface area (TPSA) is 116 Å². The molecule has 1 aliphatic heterocycles. The molecule has 3 saturated carbocycles. The van der Waals surface area contributed by atoms with E-state index in [4.69, 9.17) is 13.7 Å². The van der Waals surface area contributed by atoms with E-state index in [1.54, 1.807) is 39.0 Å². The van der Waals surface area contributed by atoms with Gasteiger partial charge in [0.1, 0.15) is 6.61 Å². The van der Waals surface area contributed by atoms with Crippen LogP contribution in [0.2, 0.25) is 0 Å². The average molecular weight is 589 g/mol. The summed E-state index contributed by atoms with van der Waals surface area (Å²) in [5.41, 5.74) is -4.45. The van der Waals surface area contributed by atoms with Gasteiger partial charge in [0, 0.05) is 16.7 Å². The minimum absolute atomic E-state index is 0.0713. The van der Waals surface area contributed by atoms with Crippen molar-refractivity contribution < 1.29 is 41.2 Å². The lowest BCUT2D eigenvalue weighted by Gasteiger charge is -2.62. The van der Waals surface area contributed by atoms with Crippen molar-refractivity contribution in [2.75, 3.05) is 6.61 Å². The standard InChI is InChI=1S/C31H37FO8S/c1-18-6-9-21(10-7-18)41(36,37)38-17-25(35)31-26(39-27(2,3)40-31)15-23-22-11-8-19-14-20(33)12-13-28(19,4)30(22,32)24(34)16-29(23,31)5/h6-7,9-10,12-14,22-24,26,34H,8,11,15-17H2,1-5H3/t22-,23-,24-,26+,28-,29-,30-,31+/m0/s1. The second-order valence-electron chi connectivity index (χ2n) is 13.3. The van der Waals surface area contributed by atoms with Gasteiger partial charge < -0.3 is 14.6 Å². The largest absolute Gasteiger partial charge is 0.390 e. The van der Waals surface area contributed by atoms with Crippen LogP contribution >= 0.6 is 0 Å². The predicted molar refractivity (Wildman–Crippen MR) is 146 cm³/mol. The van der Waals surface area contributed by atoms with E-state index >= 15 is 4.39 Å². The van der Waals surface area contributed by atoms with E-state index < -0.39 is 74.4 Å². The van der Waals surface area contributed by atoms with Gasteiger partial charge in [-0.25, -0.2) is 4.39 Å². The van der Waals surface area contributed by atoms with Crippen LogP contribution in [0.3, 0.4) is 0 Å². The number of alkyl halides is 1. The Morgan fingerprint density at radius 1 is 1.15 bits per heavy atom. The molecular formula is C31H37FO8S. The summed E-state index contributed by atoms with van der Waals surface area (Å²) in [6.45, 7) is 7.97. The molecule has 8 atom stereocenters. The van der Waals surface area contributed by atoms with Crippen molar-refractivity contribution in [2.24, 2.45) is 22.7 Å². The first kappa shape index (κ1) is 28.9. The van der Waals surface area contributed by atoms with Crippen LogP contribution in [0.5, 0.6) is 0 Å². The number of aliphatic hydroxyl groups excluding tert-OH is 1. The normalized spacial score (nSPS) is 42.6. The third kappa shape index (κ3) is 3.80. The SMILES string of the molecule is Cc1ccc(S(=O)(=O)OCC(=O)[C@@]23OC(C)(C)O[C@@H]2C[C@H]2[C@@H]4CCC5=CC(=O)C=C[C@]5(C)[C@@]4(F)[C@@H](O)C[C@@]23C)cc1. The number of ketones is 2. The zero-order valence-electron chi connectivity index (χ0n) is 24.0. The number of halogens is 1. The van der Waals surface area contributed by atoms with Gasteiger partial charge in [0.15, 0.2) is 28.6 Å². The molecule has 8 nitrogen and oxygen atoms in total. The summed E-state index contributed by atoms with van der Waals surface area (Å²) in [5.74, 6) is -3.05. The van der Waals surface area contributed by atoms with Crippen molar-refractivity contribution in [3.63, 3.8) is 0 Å². The molecule has 222 valence electrons. The second kappa shape index (κ2) is 8.89. The summed E-state index contributed by atoms with van der Waals surface area (Å²) in [6, 6.07) is 6.11. The van der Waals surface area contributed by atoms with Crippen molar-refractivity contribution in [3.8, 4) is 0 Å². The van der Waals surface area contributed by atoms with E-state index in [-0.39, 0.29) is 17.1 Å². The Morgan fingerprint density at radius 3 is 2.51 bits per heavy atom. The first-order valence-corrected chi connectivity index (χ1v) is 15.6. The number of carbonyl (C=O) groups excluding carboxylic acids is 2. The number of aryl methyl sites for hydroxylation is 1. The number of hydrogen-bond donors (Lipinski definition) is 1. The first-order valence-electron chi connectivity index (χ1n) is 14.2. The Labute approximate surface area is 240 Å². The maximum Gasteiger partial charge on any atom is 0.297 e. The Balaban J connectivity index is 1.36. The summed E-state index contributed by atoms with van der Waals surface area (Å²) < 4.78 is 61.4.